The maximum Gasteiger partial charge on any atom is 0.103 e. The maximum atomic E-state index is 9.52. The molecule has 2 heterocycles. The van der Waals surface area contributed by atoms with E-state index in [1.54, 1.807) is 6.20 Å². The molecule has 132 valence electrons. The highest BCUT2D eigenvalue weighted by Crippen LogP contribution is 2.29. The van der Waals surface area contributed by atoms with Crippen molar-refractivity contribution in [3.05, 3.63) is 35.0 Å². The van der Waals surface area contributed by atoms with E-state index in [1.165, 1.54) is 5.56 Å². The second-order valence-corrected chi connectivity index (χ2v) is 7.03. The summed E-state index contributed by atoms with van der Waals surface area (Å²) < 4.78 is 5.53. The summed E-state index contributed by atoms with van der Waals surface area (Å²) in [6.45, 7) is 11.9. The summed E-state index contributed by atoms with van der Waals surface area (Å²) >= 11 is 0. The molecule has 1 N–H and O–H groups in total. The molecule has 5 heteroatoms. The van der Waals surface area contributed by atoms with Crippen molar-refractivity contribution >= 4 is 16.6 Å². The SMILES string of the molecule is Cc1cc(C)c2ncc(C#N)c(NCC(C)N3CCOCC3C)c2c1. The normalized spacial score (nSPS) is 19.6. The van der Waals surface area contributed by atoms with Crippen molar-refractivity contribution in [3.8, 4) is 6.07 Å². The van der Waals surface area contributed by atoms with Crippen LogP contribution in [0.2, 0.25) is 0 Å². The Morgan fingerprint density at radius 2 is 2.24 bits per heavy atom. The first kappa shape index (κ1) is 17.7. The Bertz CT molecular complexity index is 811. The van der Waals surface area contributed by atoms with Crippen LogP contribution >= 0.6 is 0 Å². The standard InChI is InChI=1S/C20H26N4O/c1-13-7-14(2)19-18(8-13)20(17(9-21)11-23-19)22-10-15(3)24-5-6-25-12-16(24)4/h7-8,11,15-16H,5-6,10,12H2,1-4H3,(H,22,23). The molecule has 5 nitrogen and oxygen atoms in total. The van der Waals surface area contributed by atoms with Gasteiger partial charge in [-0.25, -0.2) is 0 Å². The molecular formula is C20H26N4O. The van der Waals surface area contributed by atoms with Gasteiger partial charge in [0, 0.05) is 36.8 Å². The number of benzene rings is 1. The molecule has 1 fully saturated rings. The zero-order chi connectivity index (χ0) is 18.0. The van der Waals surface area contributed by atoms with E-state index in [1.807, 2.05) is 0 Å². The molecule has 1 saturated heterocycles. The monoisotopic (exact) mass is 338 g/mol. The highest BCUT2D eigenvalue weighted by molar-refractivity contribution is 5.96. The van der Waals surface area contributed by atoms with Crippen molar-refractivity contribution in [1.82, 2.24) is 9.88 Å². The van der Waals surface area contributed by atoms with Crippen LogP contribution in [0, 0.1) is 25.2 Å². The molecule has 1 aromatic heterocycles. The van der Waals surface area contributed by atoms with Crippen molar-refractivity contribution in [2.45, 2.75) is 39.8 Å². The first-order chi connectivity index (χ1) is 12.0. The van der Waals surface area contributed by atoms with Crippen LogP contribution < -0.4 is 5.32 Å². The van der Waals surface area contributed by atoms with Crippen LogP contribution in [0.25, 0.3) is 10.9 Å². The topological polar surface area (TPSA) is 61.2 Å². The number of nitriles is 1. The molecule has 0 saturated carbocycles. The number of aryl methyl sites for hydroxylation is 2. The average Bonchev–Trinajstić information content (AvgIpc) is 2.59. The lowest BCUT2D eigenvalue weighted by atomic mass is 10.0. The summed E-state index contributed by atoms with van der Waals surface area (Å²) in [5.74, 6) is 0. The fourth-order valence-corrected chi connectivity index (χ4v) is 3.70. The molecule has 2 unspecified atom stereocenters. The number of ether oxygens (including phenoxy) is 1. The summed E-state index contributed by atoms with van der Waals surface area (Å²) in [6.07, 6.45) is 1.68. The van der Waals surface area contributed by atoms with Crippen molar-refractivity contribution < 1.29 is 4.74 Å². The molecule has 0 radical (unpaired) electrons. The lowest BCUT2D eigenvalue weighted by Crippen LogP contribution is -2.50. The molecule has 3 rings (SSSR count). The van der Waals surface area contributed by atoms with Crippen LogP contribution in [-0.2, 0) is 4.74 Å². The Balaban J connectivity index is 1.88. The van der Waals surface area contributed by atoms with Gasteiger partial charge in [-0.15, -0.1) is 0 Å². The third-order valence-electron chi connectivity index (χ3n) is 4.99. The number of nitrogens with one attached hydrogen (secondary N) is 1. The Hall–Kier alpha value is -2.16. The largest absolute Gasteiger partial charge is 0.382 e. The first-order valence-corrected chi connectivity index (χ1v) is 8.88. The third-order valence-corrected chi connectivity index (χ3v) is 4.99. The van der Waals surface area contributed by atoms with Gasteiger partial charge in [0.2, 0.25) is 0 Å². The van der Waals surface area contributed by atoms with Gasteiger partial charge in [0.25, 0.3) is 0 Å². The molecule has 0 bridgehead atoms. The number of hydrogen-bond donors (Lipinski definition) is 1. The Morgan fingerprint density at radius 1 is 1.44 bits per heavy atom. The summed E-state index contributed by atoms with van der Waals surface area (Å²) in [4.78, 5) is 6.95. The minimum absolute atomic E-state index is 0.361. The molecule has 2 aromatic rings. The van der Waals surface area contributed by atoms with Crippen molar-refractivity contribution in [2.75, 3.05) is 31.6 Å². The van der Waals surface area contributed by atoms with Gasteiger partial charge in [0.05, 0.1) is 30.0 Å². The van der Waals surface area contributed by atoms with E-state index >= 15 is 0 Å². The zero-order valence-electron chi connectivity index (χ0n) is 15.5. The Morgan fingerprint density at radius 3 is 2.96 bits per heavy atom. The van der Waals surface area contributed by atoms with Crippen LogP contribution in [0.15, 0.2) is 18.3 Å². The number of nitrogens with zero attached hydrogens (tertiary/aromatic N) is 3. The number of fused-ring (bicyclic) bond motifs is 1. The van der Waals surface area contributed by atoms with Crippen LogP contribution in [0.1, 0.15) is 30.5 Å². The van der Waals surface area contributed by atoms with Gasteiger partial charge in [-0.1, -0.05) is 11.6 Å². The average molecular weight is 338 g/mol. The van der Waals surface area contributed by atoms with Crippen LogP contribution in [0.3, 0.4) is 0 Å². The lowest BCUT2D eigenvalue weighted by Gasteiger charge is -2.38. The molecule has 0 spiro atoms. The van der Waals surface area contributed by atoms with Crippen molar-refractivity contribution in [3.63, 3.8) is 0 Å². The first-order valence-electron chi connectivity index (χ1n) is 8.88. The minimum Gasteiger partial charge on any atom is -0.382 e. The predicted molar refractivity (Wildman–Crippen MR) is 101 cm³/mol. The smallest absolute Gasteiger partial charge is 0.103 e. The van der Waals surface area contributed by atoms with Crippen molar-refractivity contribution in [1.29, 1.82) is 5.26 Å². The minimum atomic E-state index is 0.361. The van der Waals surface area contributed by atoms with Gasteiger partial charge in [0.1, 0.15) is 6.07 Å². The van der Waals surface area contributed by atoms with Gasteiger partial charge in [-0.3, -0.25) is 9.88 Å². The number of aromatic nitrogens is 1. The number of hydrogen-bond acceptors (Lipinski definition) is 5. The van der Waals surface area contributed by atoms with Gasteiger partial charge in [-0.2, -0.15) is 5.26 Å². The van der Waals surface area contributed by atoms with E-state index in [2.05, 4.69) is 61.1 Å². The number of anilines is 1. The molecule has 25 heavy (non-hydrogen) atoms. The van der Waals surface area contributed by atoms with Gasteiger partial charge < -0.3 is 10.1 Å². The summed E-state index contributed by atoms with van der Waals surface area (Å²) in [5, 5.41) is 14.1. The highest BCUT2D eigenvalue weighted by atomic mass is 16.5. The maximum absolute atomic E-state index is 9.52. The quantitative estimate of drug-likeness (QED) is 0.927. The molecule has 2 atom stereocenters. The number of rotatable bonds is 4. The van der Waals surface area contributed by atoms with E-state index in [9.17, 15) is 5.26 Å². The van der Waals surface area contributed by atoms with Gasteiger partial charge >= 0.3 is 0 Å². The van der Waals surface area contributed by atoms with Gasteiger partial charge in [-0.05, 0) is 39.3 Å². The summed E-state index contributed by atoms with van der Waals surface area (Å²) in [7, 11) is 0. The number of morpholine rings is 1. The third kappa shape index (κ3) is 3.60. The predicted octanol–water partition coefficient (Wildman–Crippen LogP) is 3.24. The Kier molecular flexibility index (Phi) is 5.22. The Labute approximate surface area is 149 Å². The van der Waals surface area contributed by atoms with E-state index in [4.69, 9.17) is 4.74 Å². The second kappa shape index (κ2) is 7.38. The van der Waals surface area contributed by atoms with Crippen LogP contribution in [0.5, 0.6) is 0 Å². The van der Waals surface area contributed by atoms with E-state index in [0.29, 0.717) is 17.6 Å². The fraction of sp³-hybridized carbons (Fsp3) is 0.500. The molecule has 0 amide bonds. The number of pyridine rings is 1. The zero-order valence-corrected chi connectivity index (χ0v) is 15.5. The van der Waals surface area contributed by atoms with Gasteiger partial charge in [0.15, 0.2) is 0 Å². The second-order valence-electron chi connectivity index (χ2n) is 7.03. The van der Waals surface area contributed by atoms with E-state index in [0.717, 1.165) is 48.5 Å². The van der Waals surface area contributed by atoms with Crippen LogP contribution in [-0.4, -0.2) is 48.3 Å². The van der Waals surface area contributed by atoms with E-state index in [-0.39, 0.29) is 0 Å². The molecule has 0 aliphatic carbocycles. The van der Waals surface area contributed by atoms with E-state index < -0.39 is 0 Å². The highest BCUT2D eigenvalue weighted by Gasteiger charge is 2.24. The molecule has 1 aromatic carbocycles. The van der Waals surface area contributed by atoms with Crippen molar-refractivity contribution in [2.24, 2.45) is 0 Å². The molecular weight excluding hydrogens is 312 g/mol. The lowest BCUT2D eigenvalue weighted by molar-refractivity contribution is -0.0159. The summed E-state index contributed by atoms with van der Waals surface area (Å²) in [6, 6.07) is 7.30. The summed E-state index contributed by atoms with van der Waals surface area (Å²) in [5.41, 5.74) is 4.77. The molecule has 1 aliphatic heterocycles. The molecule has 1 aliphatic rings. The fourth-order valence-electron chi connectivity index (χ4n) is 3.70. The van der Waals surface area contributed by atoms with Crippen LogP contribution in [0.4, 0.5) is 5.69 Å².